The van der Waals surface area contributed by atoms with Crippen molar-refractivity contribution in [2.45, 2.75) is 44.8 Å². The van der Waals surface area contributed by atoms with Gasteiger partial charge in [0.25, 0.3) is 0 Å². The highest BCUT2D eigenvalue weighted by Gasteiger charge is 2.37. The van der Waals surface area contributed by atoms with Gasteiger partial charge in [-0.1, -0.05) is 6.92 Å². The number of rotatable bonds is 3. The van der Waals surface area contributed by atoms with Crippen LogP contribution in [0, 0.1) is 5.41 Å². The number of nitrogens with zero attached hydrogens (tertiary/aromatic N) is 1. The first-order valence-corrected chi connectivity index (χ1v) is 6.87. The van der Waals surface area contributed by atoms with E-state index in [1.54, 1.807) is 0 Å². The maximum atomic E-state index is 13.1. The number of piperidine rings is 1. The molecule has 4 nitrogen and oxygen atoms in total. The van der Waals surface area contributed by atoms with E-state index in [1.807, 2.05) is 4.90 Å². The van der Waals surface area contributed by atoms with Crippen LogP contribution >= 0.6 is 0 Å². The van der Waals surface area contributed by atoms with Crippen LogP contribution in [0.2, 0.25) is 0 Å². The number of amides is 1. The van der Waals surface area contributed by atoms with Crippen molar-refractivity contribution in [2.24, 2.45) is 5.41 Å². The zero-order valence-corrected chi connectivity index (χ0v) is 11.0. The van der Waals surface area contributed by atoms with Crippen LogP contribution in [0.15, 0.2) is 0 Å². The molecule has 2 aliphatic rings. The van der Waals surface area contributed by atoms with Crippen molar-refractivity contribution in [2.75, 3.05) is 26.2 Å². The first-order chi connectivity index (χ1) is 8.60. The number of halogens is 1. The largest absolute Gasteiger partial charge is 0.396 e. The van der Waals surface area contributed by atoms with Crippen molar-refractivity contribution in [1.29, 1.82) is 0 Å². The Labute approximate surface area is 108 Å². The van der Waals surface area contributed by atoms with E-state index in [-0.39, 0.29) is 24.0 Å². The number of likely N-dealkylation sites (tertiary alicyclic amines) is 1. The number of aliphatic hydroxyl groups excluding tert-OH is 1. The van der Waals surface area contributed by atoms with Gasteiger partial charge in [0.15, 0.2) is 0 Å². The lowest BCUT2D eigenvalue weighted by Gasteiger charge is -2.41. The second-order valence-corrected chi connectivity index (χ2v) is 5.63. The third-order valence-electron chi connectivity index (χ3n) is 4.60. The van der Waals surface area contributed by atoms with Crippen LogP contribution < -0.4 is 5.32 Å². The van der Waals surface area contributed by atoms with Gasteiger partial charge in [-0.3, -0.25) is 4.79 Å². The maximum Gasteiger partial charge on any atom is 0.239 e. The Morgan fingerprint density at radius 3 is 2.61 bits per heavy atom. The van der Waals surface area contributed by atoms with E-state index in [9.17, 15) is 14.3 Å². The summed E-state index contributed by atoms with van der Waals surface area (Å²) in [4.78, 5) is 14.0. The fraction of sp³-hybridized carbons (Fsp3) is 0.923. The van der Waals surface area contributed by atoms with Gasteiger partial charge in [0, 0.05) is 32.7 Å². The monoisotopic (exact) mass is 258 g/mol. The average Bonchev–Trinajstić information content (AvgIpc) is 2.85. The van der Waals surface area contributed by atoms with Crippen molar-refractivity contribution in [3.8, 4) is 0 Å². The highest BCUT2D eigenvalue weighted by molar-refractivity contribution is 5.82. The topological polar surface area (TPSA) is 52.6 Å². The lowest BCUT2D eigenvalue weighted by atomic mass is 9.77. The predicted molar refractivity (Wildman–Crippen MR) is 66.9 cm³/mol. The van der Waals surface area contributed by atoms with Crippen LogP contribution in [-0.4, -0.2) is 54.4 Å². The van der Waals surface area contributed by atoms with Crippen molar-refractivity contribution < 1.29 is 14.3 Å². The summed E-state index contributed by atoms with van der Waals surface area (Å²) in [5, 5.41) is 12.4. The summed E-state index contributed by atoms with van der Waals surface area (Å²) in [5.41, 5.74) is -0.0114. The first-order valence-electron chi connectivity index (χ1n) is 6.87. The van der Waals surface area contributed by atoms with Crippen LogP contribution in [0.4, 0.5) is 4.39 Å². The Bertz CT molecular complexity index is 297. The van der Waals surface area contributed by atoms with E-state index in [2.05, 4.69) is 12.2 Å². The van der Waals surface area contributed by atoms with Crippen LogP contribution in [0.5, 0.6) is 0 Å². The summed E-state index contributed by atoms with van der Waals surface area (Å²) in [6.07, 6.45) is 2.04. The van der Waals surface area contributed by atoms with E-state index >= 15 is 0 Å². The molecule has 0 spiro atoms. The molecule has 104 valence electrons. The van der Waals surface area contributed by atoms with Gasteiger partial charge in [0.05, 0.1) is 6.04 Å². The molecule has 0 unspecified atom stereocenters. The average molecular weight is 258 g/mol. The molecule has 0 aromatic heterocycles. The molecule has 2 atom stereocenters. The molecule has 0 radical (unpaired) electrons. The SMILES string of the molecule is CCC1(CO)CCN(C(=O)[C@H]2C[C@H](F)CN2)CC1. The van der Waals surface area contributed by atoms with E-state index in [1.165, 1.54) is 0 Å². The van der Waals surface area contributed by atoms with Gasteiger partial charge in [0.1, 0.15) is 6.17 Å². The molecule has 2 saturated heterocycles. The predicted octanol–water partition coefficient (Wildman–Crippen LogP) is 0.697. The Balaban J connectivity index is 1.87. The van der Waals surface area contributed by atoms with Crippen molar-refractivity contribution in [3.05, 3.63) is 0 Å². The fourth-order valence-electron chi connectivity index (χ4n) is 2.93. The van der Waals surface area contributed by atoms with Gasteiger partial charge in [-0.15, -0.1) is 0 Å². The molecule has 0 saturated carbocycles. The van der Waals surface area contributed by atoms with Crippen molar-refractivity contribution in [1.82, 2.24) is 10.2 Å². The van der Waals surface area contributed by atoms with Crippen LogP contribution in [-0.2, 0) is 4.79 Å². The molecular formula is C13H23FN2O2. The smallest absolute Gasteiger partial charge is 0.239 e. The number of aliphatic hydroxyl groups is 1. The minimum atomic E-state index is -0.893. The van der Waals surface area contributed by atoms with E-state index in [0.29, 0.717) is 26.1 Å². The van der Waals surface area contributed by atoms with Crippen LogP contribution in [0.1, 0.15) is 32.6 Å². The molecule has 1 amide bonds. The second-order valence-electron chi connectivity index (χ2n) is 5.63. The van der Waals surface area contributed by atoms with Gasteiger partial charge in [0.2, 0.25) is 5.91 Å². The maximum absolute atomic E-state index is 13.1. The first kappa shape index (κ1) is 13.7. The lowest BCUT2D eigenvalue weighted by Crippen LogP contribution is -2.49. The molecule has 2 heterocycles. The number of hydrogen-bond acceptors (Lipinski definition) is 3. The zero-order chi connectivity index (χ0) is 13.2. The minimum absolute atomic E-state index is 0.0114. The van der Waals surface area contributed by atoms with Gasteiger partial charge >= 0.3 is 0 Å². The Hall–Kier alpha value is -0.680. The highest BCUT2D eigenvalue weighted by Crippen LogP contribution is 2.34. The van der Waals surface area contributed by atoms with Crippen LogP contribution in [0.3, 0.4) is 0 Å². The molecule has 2 N–H and O–H groups in total. The van der Waals surface area contributed by atoms with Crippen molar-refractivity contribution >= 4 is 5.91 Å². The fourth-order valence-corrected chi connectivity index (χ4v) is 2.93. The molecule has 2 fully saturated rings. The number of alkyl halides is 1. The molecule has 5 heteroatoms. The van der Waals surface area contributed by atoms with E-state index in [4.69, 9.17) is 0 Å². The number of hydrogen-bond donors (Lipinski definition) is 2. The molecule has 2 rings (SSSR count). The molecule has 2 aliphatic heterocycles. The van der Waals surface area contributed by atoms with Crippen LogP contribution in [0.25, 0.3) is 0 Å². The normalized spacial score (nSPS) is 31.6. The number of carbonyl (C=O) groups is 1. The molecule has 0 aromatic carbocycles. The summed E-state index contributed by atoms with van der Waals surface area (Å²) in [7, 11) is 0. The van der Waals surface area contributed by atoms with Gasteiger partial charge in [-0.25, -0.2) is 4.39 Å². The van der Waals surface area contributed by atoms with Gasteiger partial charge in [-0.05, 0) is 24.7 Å². The second kappa shape index (κ2) is 5.53. The third kappa shape index (κ3) is 2.67. The van der Waals surface area contributed by atoms with E-state index < -0.39 is 6.17 Å². The Kier molecular flexibility index (Phi) is 4.22. The molecule has 0 aromatic rings. The highest BCUT2D eigenvalue weighted by atomic mass is 19.1. The zero-order valence-electron chi connectivity index (χ0n) is 11.0. The molecule has 0 aliphatic carbocycles. The quantitative estimate of drug-likeness (QED) is 0.783. The summed E-state index contributed by atoms with van der Waals surface area (Å²) < 4.78 is 13.1. The summed E-state index contributed by atoms with van der Waals surface area (Å²) in [6.45, 7) is 3.93. The molecule has 0 bridgehead atoms. The van der Waals surface area contributed by atoms with Crippen molar-refractivity contribution in [3.63, 3.8) is 0 Å². The Morgan fingerprint density at radius 2 is 2.17 bits per heavy atom. The molecular weight excluding hydrogens is 235 g/mol. The van der Waals surface area contributed by atoms with Gasteiger partial charge < -0.3 is 15.3 Å². The third-order valence-corrected chi connectivity index (χ3v) is 4.60. The minimum Gasteiger partial charge on any atom is -0.396 e. The van der Waals surface area contributed by atoms with Gasteiger partial charge in [-0.2, -0.15) is 0 Å². The summed E-state index contributed by atoms with van der Waals surface area (Å²) >= 11 is 0. The summed E-state index contributed by atoms with van der Waals surface area (Å²) in [5.74, 6) is 0.0257. The summed E-state index contributed by atoms with van der Waals surface area (Å²) in [6, 6.07) is -0.344. The standard InChI is InChI=1S/C13H23FN2O2/c1-2-13(9-17)3-5-16(6-4-13)12(18)11-7-10(14)8-15-11/h10-11,15,17H,2-9H2,1H3/t10-,11+/m0/s1. The lowest BCUT2D eigenvalue weighted by molar-refractivity contribution is -0.136. The molecule has 18 heavy (non-hydrogen) atoms. The Morgan fingerprint density at radius 1 is 1.50 bits per heavy atom. The number of carbonyl (C=O) groups excluding carboxylic acids is 1. The number of nitrogens with one attached hydrogen (secondary N) is 1. The van der Waals surface area contributed by atoms with E-state index in [0.717, 1.165) is 19.3 Å².